The second-order valence-electron chi connectivity index (χ2n) is 3.90. The van der Waals surface area contributed by atoms with Crippen LogP contribution in [-0.2, 0) is 6.42 Å². The zero-order chi connectivity index (χ0) is 13.4. The van der Waals surface area contributed by atoms with Gasteiger partial charge in [-0.25, -0.2) is 9.37 Å². The molecule has 3 rings (SSSR count). The van der Waals surface area contributed by atoms with E-state index in [0.29, 0.717) is 22.1 Å². The average molecular weight is 297 g/mol. The van der Waals surface area contributed by atoms with Crippen molar-refractivity contribution in [3.8, 4) is 0 Å². The maximum atomic E-state index is 13.7. The minimum atomic E-state index is -0.371. The van der Waals surface area contributed by atoms with Crippen LogP contribution in [0.4, 0.5) is 4.39 Å². The molecular weight excluding hydrogens is 290 g/mol. The van der Waals surface area contributed by atoms with Gasteiger partial charge in [0, 0.05) is 29.4 Å². The van der Waals surface area contributed by atoms with Gasteiger partial charge < -0.3 is 0 Å². The topological polar surface area (TPSA) is 43.1 Å². The highest BCUT2D eigenvalue weighted by Gasteiger charge is 2.13. The van der Waals surface area contributed by atoms with Crippen molar-refractivity contribution in [1.29, 1.82) is 0 Å². The van der Waals surface area contributed by atoms with E-state index >= 15 is 0 Å². The van der Waals surface area contributed by atoms with Gasteiger partial charge in [-0.2, -0.15) is 0 Å². The largest absolute Gasteiger partial charge is 0.282 e. The second kappa shape index (κ2) is 4.75. The molecule has 0 fully saturated rings. The summed E-state index contributed by atoms with van der Waals surface area (Å²) in [5.41, 5.74) is 0.818. The Labute approximate surface area is 117 Å². The van der Waals surface area contributed by atoms with Crippen LogP contribution < -0.4 is 0 Å². The van der Waals surface area contributed by atoms with E-state index in [1.54, 1.807) is 22.7 Å². The predicted octanol–water partition coefficient (Wildman–Crippen LogP) is 3.16. The summed E-state index contributed by atoms with van der Waals surface area (Å²) in [5, 5.41) is 8.53. The molecule has 1 aromatic carbocycles. The van der Waals surface area contributed by atoms with Crippen LogP contribution in [0.2, 0.25) is 10.2 Å². The first-order valence-corrected chi connectivity index (χ1v) is 6.19. The molecule has 0 spiro atoms. The molecule has 0 radical (unpaired) electrons. The normalized spacial score (nSPS) is 11.1. The Bertz CT molecular complexity index is 736. The molecule has 7 heteroatoms. The van der Waals surface area contributed by atoms with Crippen molar-refractivity contribution in [3.05, 3.63) is 58.0 Å². The third kappa shape index (κ3) is 2.15. The summed E-state index contributed by atoms with van der Waals surface area (Å²) in [6.07, 6.45) is 3.43. The minimum Gasteiger partial charge on any atom is -0.282 e. The molecule has 0 aliphatic rings. The van der Waals surface area contributed by atoms with Crippen molar-refractivity contribution >= 4 is 28.8 Å². The van der Waals surface area contributed by atoms with E-state index in [-0.39, 0.29) is 17.4 Å². The van der Waals surface area contributed by atoms with Gasteiger partial charge in [-0.1, -0.05) is 29.3 Å². The molecule has 0 saturated carbocycles. The molecule has 19 heavy (non-hydrogen) atoms. The van der Waals surface area contributed by atoms with Crippen molar-refractivity contribution in [2.45, 2.75) is 6.42 Å². The standard InChI is InChI=1S/C12H7Cl2FN4/c13-8-2-1-3-9(15)7(8)6-10-17-18-12-11(14)16-4-5-19(10)12/h1-5H,6H2. The summed E-state index contributed by atoms with van der Waals surface area (Å²) < 4.78 is 15.4. The molecule has 0 unspecified atom stereocenters. The lowest BCUT2D eigenvalue weighted by Crippen LogP contribution is -2.00. The molecule has 2 aromatic heterocycles. The van der Waals surface area contributed by atoms with E-state index in [9.17, 15) is 4.39 Å². The van der Waals surface area contributed by atoms with Gasteiger partial charge >= 0.3 is 0 Å². The number of hydrogen-bond acceptors (Lipinski definition) is 3. The average Bonchev–Trinajstić information content (AvgIpc) is 2.79. The number of rotatable bonds is 2. The Morgan fingerprint density at radius 2 is 2.05 bits per heavy atom. The Morgan fingerprint density at radius 1 is 1.21 bits per heavy atom. The van der Waals surface area contributed by atoms with Crippen molar-refractivity contribution in [1.82, 2.24) is 19.6 Å². The highest BCUT2D eigenvalue weighted by Crippen LogP contribution is 2.22. The summed E-state index contributed by atoms with van der Waals surface area (Å²) in [4.78, 5) is 3.90. The summed E-state index contributed by atoms with van der Waals surface area (Å²) in [6.45, 7) is 0. The van der Waals surface area contributed by atoms with Crippen molar-refractivity contribution in [3.63, 3.8) is 0 Å². The highest BCUT2D eigenvalue weighted by molar-refractivity contribution is 6.32. The van der Waals surface area contributed by atoms with Crippen LogP contribution in [0.15, 0.2) is 30.6 Å². The highest BCUT2D eigenvalue weighted by atomic mass is 35.5. The molecule has 0 atom stereocenters. The molecule has 96 valence electrons. The summed E-state index contributed by atoms with van der Waals surface area (Å²) in [7, 11) is 0. The number of aromatic nitrogens is 4. The fourth-order valence-electron chi connectivity index (χ4n) is 1.82. The molecule has 0 aliphatic carbocycles. The molecule has 2 heterocycles. The van der Waals surface area contributed by atoms with Crippen molar-refractivity contribution in [2.24, 2.45) is 0 Å². The van der Waals surface area contributed by atoms with Crippen molar-refractivity contribution < 1.29 is 4.39 Å². The lowest BCUT2D eigenvalue weighted by molar-refractivity contribution is 0.612. The SMILES string of the molecule is Fc1cccc(Cl)c1Cc1nnc2c(Cl)nccn12. The summed E-state index contributed by atoms with van der Waals surface area (Å²) in [6, 6.07) is 4.56. The Morgan fingerprint density at radius 3 is 2.84 bits per heavy atom. The van der Waals surface area contributed by atoms with E-state index in [0.717, 1.165) is 0 Å². The lowest BCUT2D eigenvalue weighted by Gasteiger charge is -2.04. The van der Waals surface area contributed by atoms with Crippen LogP contribution in [0.5, 0.6) is 0 Å². The van der Waals surface area contributed by atoms with Crippen LogP contribution >= 0.6 is 23.2 Å². The molecule has 0 N–H and O–H groups in total. The van der Waals surface area contributed by atoms with Crippen LogP contribution in [0.1, 0.15) is 11.4 Å². The third-order valence-electron chi connectivity index (χ3n) is 2.75. The van der Waals surface area contributed by atoms with Crippen LogP contribution in [0.3, 0.4) is 0 Å². The van der Waals surface area contributed by atoms with Gasteiger partial charge in [0.1, 0.15) is 11.6 Å². The summed E-state index contributed by atoms with van der Waals surface area (Å²) >= 11 is 11.9. The maximum Gasteiger partial charge on any atom is 0.198 e. The van der Waals surface area contributed by atoms with Gasteiger partial charge in [-0.05, 0) is 12.1 Å². The van der Waals surface area contributed by atoms with E-state index in [1.165, 1.54) is 12.3 Å². The van der Waals surface area contributed by atoms with Gasteiger partial charge in [-0.15, -0.1) is 10.2 Å². The zero-order valence-corrected chi connectivity index (χ0v) is 11.0. The van der Waals surface area contributed by atoms with Gasteiger partial charge in [0.15, 0.2) is 10.8 Å². The first kappa shape index (κ1) is 12.3. The Kier molecular flexibility index (Phi) is 3.08. The third-order valence-corrected chi connectivity index (χ3v) is 3.37. The van der Waals surface area contributed by atoms with E-state index in [2.05, 4.69) is 15.2 Å². The van der Waals surface area contributed by atoms with Gasteiger partial charge in [0.25, 0.3) is 0 Å². The predicted molar refractivity (Wildman–Crippen MR) is 70.0 cm³/mol. The van der Waals surface area contributed by atoms with Crippen LogP contribution in [0.25, 0.3) is 5.65 Å². The minimum absolute atomic E-state index is 0.229. The molecule has 0 bridgehead atoms. The Balaban J connectivity index is 2.09. The van der Waals surface area contributed by atoms with Gasteiger partial charge in [0.2, 0.25) is 0 Å². The smallest absolute Gasteiger partial charge is 0.198 e. The molecule has 0 aliphatic heterocycles. The molecule has 0 amide bonds. The quantitative estimate of drug-likeness (QED) is 0.729. The van der Waals surface area contributed by atoms with Crippen LogP contribution in [-0.4, -0.2) is 19.6 Å². The molecule has 3 aromatic rings. The molecule has 4 nitrogen and oxygen atoms in total. The monoisotopic (exact) mass is 296 g/mol. The van der Waals surface area contributed by atoms with E-state index in [4.69, 9.17) is 23.2 Å². The Hall–Kier alpha value is -1.72. The van der Waals surface area contributed by atoms with Crippen LogP contribution in [0, 0.1) is 5.82 Å². The molecular formula is C12H7Cl2FN4. The number of halogens is 3. The first-order valence-electron chi connectivity index (χ1n) is 5.44. The summed E-state index contributed by atoms with van der Waals surface area (Å²) in [5.74, 6) is 0.177. The number of fused-ring (bicyclic) bond motifs is 1. The first-order chi connectivity index (χ1) is 9.16. The van der Waals surface area contributed by atoms with Gasteiger partial charge in [-0.3, -0.25) is 4.40 Å². The lowest BCUT2D eigenvalue weighted by atomic mass is 10.1. The van der Waals surface area contributed by atoms with E-state index < -0.39 is 0 Å². The van der Waals surface area contributed by atoms with Gasteiger partial charge in [0.05, 0.1) is 0 Å². The van der Waals surface area contributed by atoms with E-state index in [1.807, 2.05) is 0 Å². The fraction of sp³-hybridized carbons (Fsp3) is 0.0833. The number of nitrogens with zero attached hydrogens (tertiary/aromatic N) is 4. The van der Waals surface area contributed by atoms with Crippen molar-refractivity contribution in [2.75, 3.05) is 0 Å². The molecule has 0 saturated heterocycles. The number of benzene rings is 1. The maximum absolute atomic E-state index is 13.7. The zero-order valence-electron chi connectivity index (χ0n) is 9.52. The second-order valence-corrected chi connectivity index (χ2v) is 4.67. The number of hydrogen-bond donors (Lipinski definition) is 0. The fourth-order valence-corrected chi connectivity index (χ4v) is 2.24.